The van der Waals surface area contributed by atoms with Gasteiger partial charge >= 0.3 is 12.1 Å². The summed E-state index contributed by atoms with van der Waals surface area (Å²) in [5.74, 6) is -0.601. The lowest BCUT2D eigenvalue weighted by molar-refractivity contribution is -0.258. The topological polar surface area (TPSA) is 128 Å². The fraction of sp³-hybridized carbons (Fsp3) is 0.452. The molecule has 2 N–H and O–H groups in total. The molecule has 0 bridgehead atoms. The number of carbonyl (C=O) groups is 1. The van der Waals surface area contributed by atoms with Crippen LogP contribution in [-0.4, -0.2) is 94.3 Å². The largest absolute Gasteiger partial charge is 0.488 e. The van der Waals surface area contributed by atoms with Gasteiger partial charge in [-0.3, -0.25) is 14.7 Å². The number of aliphatic hydroxyl groups is 1. The van der Waals surface area contributed by atoms with Gasteiger partial charge in [-0.25, -0.2) is 0 Å². The molecule has 0 radical (unpaired) electrons. The summed E-state index contributed by atoms with van der Waals surface area (Å²) in [5.41, 5.74) is -2.73. The Balaban J connectivity index is 1.34. The minimum Gasteiger partial charge on any atom is -0.488 e. The summed E-state index contributed by atoms with van der Waals surface area (Å²) in [4.78, 5) is 20.1. The number of β-amino-alcohol motifs (C(OH)–C–C–N with tert-alkyl or cyclic N) is 1. The molecule has 3 aliphatic rings. The summed E-state index contributed by atoms with van der Waals surface area (Å²) in [7, 11) is 0. The molecule has 2 unspecified atom stereocenters. The van der Waals surface area contributed by atoms with Crippen LogP contribution in [-0.2, 0) is 22.7 Å². The number of aliphatic carboxylic acids is 1. The average Bonchev–Trinajstić information content (AvgIpc) is 3.61. The quantitative estimate of drug-likeness (QED) is 0.150. The third kappa shape index (κ3) is 9.06. The first-order chi connectivity index (χ1) is 26.8. The zero-order valence-corrected chi connectivity index (χ0v) is 31.9. The number of ether oxygens (including phenoxy) is 3. The van der Waals surface area contributed by atoms with Crippen LogP contribution in [0.25, 0.3) is 5.57 Å². The number of carboxylic acid groups (broad SMARTS) is 1. The van der Waals surface area contributed by atoms with Crippen molar-refractivity contribution in [2.24, 2.45) is 5.41 Å². The highest BCUT2D eigenvalue weighted by Gasteiger charge is 2.67. The Bertz CT molecular complexity index is 1960. The number of alkyl halides is 3. The molecule has 1 aromatic heterocycles. The van der Waals surface area contributed by atoms with E-state index in [4.69, 9.17) is 25.8 Å². The lowest BCUT2D eigenvalue weighted by atomic mass is 9.63. The van der Waals surface area contributed by atoms with Crippen molar-refractivity contribution < 1.29 is 42.4 Å². The van der Waals surface area contributed by atoms with Crippen LogP contribution in [0.15, 0.2) is 79.2 Å². The number of carboxylic acids is 1. The second-order valence-corrected chi connectivity index (χ2v) is 15.2. The highest BCUT2D eigenvalue weighted by atomic mass is 35.5. The summed E-state index contributed by atoms with van der Waals surface area (Å²) in [6.07, 6.45) is 5.33. The number of nitriles is 1. The number of rotatable bonds is 15. The number of nitrogens with zero attached hydrogens (tertiary/aromatic N) is 4. The maximum Gasteiger partial charge on any atom is 0.401 e. The van der Waals surface area contributed by atoms with Gasteiger partial charge in [0.05, 0.1) is 16.7 Å². The van der Waals surface area contributed by atoms with Crippen molar-refractivity contribution in [3.05, 3.63) is 106 Å². The van der Waals surface area contributed by atoms with Crippen LogP contribution in [0.3, 0.4) is 0 Å². The van der Waals surface area contributed by atoms with Crippen LogP contribution >= 0.6 is 11.6 Å². The maximum absolute atomic E-state index is 15.7. The van der Waals surface area contributed by atoms with Gasteiger partial charge in [0.25, 0.3) is 0 Å². The first-order valence-electron chi connectivity index (χ1n) is 18.8. The van der Waals surface area contributed by atoms with Gasteiger partial charge in [-0.1, -0.05) is 60.5 Å². The van der Waals surface area contributed by atoms with E-state index in [-0.39, 0.29) is 41.9 Å². The van der Waals surface area contributed by atoms with E-state index in [0.29, 0.717) is 67.7 Å². The number of allylic oxidation sites excluding steroid dienone is 2. The Labute approximate surface area is 329 Å². The zero-order chi connectivity index (χ0) is 39.9. The molecule has 0 spiro atoms. The molecular formula is C42H46ClF3N4O6. The predicted molar refractivity (Wildman–Crippen MR) is 204 cm³/mol. The van der Waals surface area contributed by atoms with Gasteiger partial charge < -0.3 is 29.3 Å². The van der Waals surface area contributed by atoms with E-state index < -0.39 is 41.9 Å². The van der Waals surface area contributed by atoms with Gasteiger partial charge in [0.15, 0.2) is 0 Å². The fourth-order valence-corrected chi connectivity index (χ4v) is 8.08. The molecule has 2 saturated heterocycles. The molecule has 2 aliphatic heterocycles. The minimum absolute atomic E-state index is 0.0137. The van der Waals surface area contributed by atoms with Crippen molar-refractivity contribution in [3.63, 3.8) is 0 Å². The Morgan fingerprint density at radius 3 is 2.61 bits per heavy atom. The summed E-state index contributed by atoms with van der Waals surface area (Å²) in [5, 5.41) is 29.4. The number of piperidine rings is 1. The van der Waals surface area contributed by atoms with Gasteiger partial charge in [0, 0.05) is 62.4 Å². The second-order valence-electron chi connectivity index (χ2n) is 14.7. The van der Waals surface area contributed by atoms with Crippen LogP contribution in [0.4, 0.5) is 13.2 Å². The molecule has 14 heteroatoms. The number of hydrogen-bond acceptors (Lipinski definition) is 9. The molecule has 6 rings (SSSR count). The SMILES string of the molecule is CC1(C(F)(F)F)C(c2ccccc2)=CC=CC1(COc1cc(OCc2cncc(C#N)c2)c(CN2CCCC[C@H]2C(=O)O)cc1Cl)OCCCN1CC[C@@H](O)C1. The first kappa shape index (κ1) is 41.2. The molecule has 0 amide bonds. The molecule has 3 heterocycles. The van der Waals surface area contributed by atoms with Crippen LogP contribution in [0, 0.1) is 16.7 Å². The summed E-state index contributed by atoms with van der Waals surface area (Å²) in [6, 6.07) is 14.5. The molecule has 2 aromatic carbocycles. The predicted octanol–water partition coefficient (Wildman–Crippen LogP) is 7.44. The standard InChI is InChI=1S/C42H46ClF3N4O6/c1-40(42(44,45)46)34(31-9-3-2-4-10-31)11-7-14-41(40,56-18-8-15-49-17-13-33(51)26-49)28-55-38-21-37(54-27-30-19-29(22-47)23-48-24-30)32(20-35(38)43)25-50-16-6-5-12-36(50)39(52)53/h2-4,7,9-11,14,19-21,23-24,33,36,51H,5-6,8,12-13,15-18,25-28H2,1H3,(H,52,53)/t33-,36+,40?,41?/m1/s1. The van der Waals surface area contributed by atoms with E-state index in [9.17, 15) is 20.3 Å². The van der Waals surface area contributed by atoms with Gasteiger partial charge in [-0.15, -0.1) is 0 Å². The number of aromatic nitrogens is 1. The van der Waals surface area contributed by atoms with Gasteiger partial charge in [0.1, 0.15) is 47.8 Å². The summed E-state index contributed by atoms with van der Waals surface area (Å²) >= 11 is 6.85. The monoisotopic (exact) mass is 794 g/mol. The minimum atomic E-state index is -4.80. The van der Waals surface area contributed by atoms with Crippen molar-refractivity contribution in [2.75, 3.05) is 39.4 Å². The van der Waals surface area contributed by atoms with E-state index in [0.717, 1.165) is 19.8 Å². The Kier molecular flexibility index (Phi) is 13.1. The van der Waals surface area contributed by atoms with Crippen LogP contribution in [0.2, 0.25) is 5.02 Å². The molecule has 10 nitrogen and oxygen atoms in total. The number of pyridine rings is 1. The van der Waals surface area contributed by atoms with E-state index in [1.54, 1.807) is 54.7 Å². The second kappa shape index (κ2) is 17.8. The van der Waals surface area contributed by atoms with E-state index >= 15 is 13.2 Å². The van der Waals surface area contributed by atoms with E-state index in [2.05, 4.69) is 9.88 Å². The van der Waals surface area contributed by atoms with Crippen LogP contribution in [0.5, 0.6) is 11.5 Å². The molecule has 2 fully saturated rings. The number of benzene rings is 2. The first-order valence-corrected chi connectivity index (χ1v) is 19.2. The van der Waals surface area contributed by atoms with Crippen molar-refractivity contribution >= 4 is 23.1 Å². The Morgan fingerprint density at radius 1 is 1.09 bits per heavy atom. The molecule has 1 aliphatic carbocycles. The number of hydrogen-bond donors (Lipinski definition) is 2. The lowest BCUT2D eigenvalue weighted by Crippen LogP contribution is -2.60. The highest BCUT2D eigenvalue weighted by molar-refractivity contribution is 6.32. The molecule has 56 heavy (non-hydrogen) atoms. The van der Waals surface area contributed by atoms with Crippen molar-refractivity contribution in [3.8, 4) is 17.6 Å². The van der Waals surface area contributed by atoms with E-state index in [1.807, 2.05) is 11.0 Å². The Hall–Kier alpha value is -4.45. The zero-order valence-electron chi connectivity index (χ0n) is 31.2. The number of likely N-dealkylation sites (tertiary alicyclic amines) is 2. The van der Waals surface area contributed by atoms with Crippen LogP contribution < -0.4 is 9.47 Å². The van der Waals surface area contributed by atoms with Gasteiger partial charge in [-0.05, 0) is 68.5 Å². The third-order valence-electron chi connectivity index (χ3n) is 11.0. The van der Waals surface area contributed by atoms with Crippen molar-refractivity contribution in [2.45, 2.75) is 76.1 Å². The van der Waals surface area contributed by atoms with Crippen molar-refractivity contribution in [1.82, 2.24) is 14.8 Å². The lowest BCUT2D eigenvalue weighted by Gasteiger charge is -2.50. The smallest absolute Gasteiger partial charge is 0.401 e. The molecule has 3 aromatic rings. The maximum atomic E-state index is 15.7. The van der Waals surface area contributed by atoms with Crippen molar-refractivity contribution in [1.29, 1.82) is 5.26 Å². The highest BCUT2D eigenvalue weighted by Crippen LogP contribution is 2.58. The van der Waals surface area contributed by atoms with E-state index in [1.165, 1.54) is 24.4 Å². The van der Waals surface area contributed by atoms with Gasteiger partial charge in [-0.2, -0.15) is 18.4 Å². The summed E-state index contributed by atoms with van der Waals surface area (Å²) in [6.45, 7) is 2.99. The molecule has 298 valence electrons. The molecule has 0 saturated carbocycles. The number of halogens is 4. The van der Waals surface area contributed by atoms with Crippen LogP contribution in [0.1, 0.15) is 61.3 Å². The molecule has 4 atom stereocenters. The third-order valence-corrected chi connectivity index (χ3v) is 11.3. The normalized spacial score (nSPS) is 24.4. The Morgan fingerprint density at radius 2 is 1.89 bits per heavy atom. The average molecular weight is 795 g/mol. The summed E-state index contributed by atoms with van der Waals surface area (Å²) < 4.78 is 66.2. The molecular weight excluding hydrogens is 749 g/mol. The fourth-order valence-electron chi connectivity index (χ4n) is 7.84. The number of aliphatic hydroxyl groups excluding tert-OH is 1. The van der Waals surface area contributed by atoms with Gasteiger partial charge in [0.2, 0.25) is 0 Å².